The third-order valence-electron chi connectivity index (χ3n) is 3.88. The van der Waals surface area contributed by atoms with Crippen LogP contribution in [0.4, 0.5) is 24.5 Å². The number of hydrogen-bond donors (Lipinski definition) is 1. The van der Waals surface area contributed by atoms with Gasteiger partial charge in [0.25, 0.3) is 0 Å². The molecule has 140 valence electrons. The van der Waals surface area contributed by atoms with E-state index < -0.39 is 11.7 Å². The molecule has 2 aromatic rings. The molecule has 0 spiro atoms. The molecule has 0 atom stereocenters. The topological polar surface area (TPSA) is 27.6 Å². The van der Waals surface area contributed by atoms with Crippen molar-refractivity contribution >= 4 is 29.3 Å². The first-order valence-electron chi connectivity index (χ1n) is 8.16. The molecule has 26 heavy (non-hydrogen) atoms. The zero-order chi connectivity index (χ0) is 19.3. The van der Waals surface area contributed by atoms with E-state index >= 15 is 0 Å². The van der Waals surface area contributed by atoms with Gasteiger partial charge in [-0.1, -0.05) is 29.8 Å². The predicted octanol–water partition coefficient (Wildman–Crippen LogP) is 5.89. The molecule has 0 unspecified atom stereocenters. The second-order valence-corrected chi connectivity index (χ2v) is 6.35. The standard InChI is InChI=1S/C19H21ClF3N3/c1-4-26(3)12-25-17-10-13(2)9-16(18(17)20)24-11-14-7-5-6-8-15(14)19(21,22)23/h5-10,12,24H,4,11H2,1-3H3. The van der Waals surface area contributed by atoms with Gasteiger partial charge in [0.2, 0.25) is 0 Å². The third kappa shape index (κ3) is 5.14. The van der Waals surface area contributed by atoms with Gasteiger partial charge >= 0.3 is 6.18 Å². The fourth-order valence-electron chi connectivity index (χ4n) is 2.36. The fourth-order valence-corrected chi connectivity index (χ4v) is 2.58. The molecule has 0 amide bonds. The molecule has 2 rings (SSSR count). The second kappa shape index (κ2) is 8.45. The van der Waals surface area contributed by atoms with E-state index in [0.29, 0.717) is 16.4 Å². The molecule has 1 N–H and O–H groups in total. The van der Waals surface area contributed by atoms with Crippen molar-refractivity contribution in [3.05, 3.63) is 58.1 Å². The molecule has 0 aromatic heterocycles. The number of anilines is 1. The van der Waals surface area contributed by atoms with E-state index in [-0.39, 0.29) is 12.1 Å². The zero-order valence-electron chi connectivity index (χ0n) is 14.9. The maximum Gasteiger partial charge on any atom is 0.416 e. The Hall–Kier alpha value is -2.21. The van der Waals surface area contributed by atoms with Crippen LogP contribution in [-0.2, 0) is 12.7 Å². The monoisotopic (exact) mass is 383 g/mol. The number of alkyl halides is 3. The van der Waals surface area contributed by atoms with Crippen LogP contribution in [0.15, 0.2) is 41.4 Å². The van der Waals surface area contributed by atoms with Gasteiger partial charge in [0.15, 0.2) is 0 Å². The Morgan fingerprint density at radius 1 is 1.23 bits per heavy atom. The number of nitrogens with one attached hydrogen (secondary N) is 1. The van der Waals surface area contributed by atoms with E-state index in [1.807, 2.05) is 31.9 Å². The maximum atomic E-state index is 13.1. The molecule has 0 aliphatic rings. The minimum absolute atomic E-state index is 0.0108. The molecule has 3 nitrogen and oxygen atoms in total. The molecule has 0 fully saturated rings. The Kier molecular flexibility index (Phi) is 6.53. The SMILES string of the molecule is CCN(C)C=Nc1cc(C)cc(NCc2ccccc2C(F)(F)F)c1Cl. The van der Waals surface area contributed by atoms with Gasteiger partial charge < -0.3 is 10.2 Å². The molecular formula is C19H21ClF3N3. The lowest BCUT2D eigenvalue weighted by molar-refractivity contribution is -0.138. The van der Waals surface area contributed by atoms with Crippen molar-refractivity contribution in [3.8, 4) is 0 Å². The lowest BCUT2D eigenvalue weighted by atomic mass is 10.1. The van der Waals surface area contributed by atoms with Gasteiger partial charge in [-0.05, 0) is 43.2 Å². The van der Waals surface area contributed by atoms with Crippen LogP contribution in [0.3, 0.4) is 0 Å². The second-order valence-electron chi connectivity index (χ2n) is 5.97. The Morgan fingerprint density at radius 3 is 2.58 bits per heavy atom. The average Bonchev–Trinajstić information content (AvgIpc) is 2.60. The zero-order valence-corrected chi connectivity index (χ0v) is 15.6. The third-order valence-corrected chi connectivity index (χ3v) is 4.28. The number of halogens is 4. The highest BCUT2D eigenvalue weighted by atomic mass is 35.5. The molecule has 0 saturated heterocycles. The number of aryl methyl sites for hydroxylation is 1. The number of aliphatic imine (C=N–C) groups is 1. The maximum absolute atomic E-state index is 13.1. The summed E-state index contributed by atoms with van der Waals surface area (Å²) in [5.74, 6) is 0. The van der Waals surface area contributed by atoms with Crippen LogP contribution in [0.25, 0.3) is 0 Å². The van der Waals surface area contributed by atoms with Crippen molar-refractivity contribution in [2.45, 2.75) is 26.6 Å². The quantitative estimate of drug-likeness (QED) is 0.497. The summed E-state index contributed by atoms with van der Waals surface area (Å²) in [6.45, 7) is 4.69. The van der Waals surface area contributed by atoms with Crippen molar-refractivity contribution in [2.24, 2.45) is 4.99 Å². The summed E-state index contributed by atoms with van der Waals surface area (Å²) in [6.07, 6.45) is -2.72. The van der Waals surface area contributed by atoms with Crippen molar-refractivity contribution in [1.29, 1.82) is 0 Å². The molecule has 0 radical (unpaired) electrons. The highest BCUT2D eigenvalue weighted by molar-refractivity contribution is 6.35. The first kappa shape index (κ1) is 20.1. The van der Waals surface area contributed by atoms with Crippen LogP contribution in [0, 0.1) is 6.92 Å². The molecule has 0 bridgehead atoms. The lowest BCUT2D eigenvalue weighted by Crippen LogP contribution is -2.14. The van der Waals surface area contributed by atoms with Crippen molar-refractivity contribution < 1.29 is 13.2 Å². The van der Waals surface area contributed by atoms with E-state index in [0.717, 1.165) is 18.2 Å². The van der Waals surface area contributed by atoms with E-state index in [2.05, 4.69) is 10.3 Å². The van der Waals surface area contributed by atoms with Crippen LogP contribution >= 0.6 is 11.6 Å². The minimum Gasteiger partial charge on any atom is -0.380 e. The molecule has 2 aromatic carbocycles. The molecular weight excluding hydrogens is 363 g/mol. The summed E-state index contributed by atoms with van der Waals surface area (Å²) in [6, 6.07) is 9.11. The summed E-state index contributed by atoms with van der Waals surface area (Å²) in [5.41, 5.74) is 1.54. The Bertz CT molecular complexity index is 788. The minimum atomic E-state index is -4.39. The summed E-state index contributed by atoms with van der Waals surface area (Å²) >= 11 is 6.39. The number of hydrogen-bond acceptors (Lipinski definition) is 2. The molecule has 0 aliphatic heterocycles. The largest absolute Gasteiger partial charge is 0.416 e. The van der Waals surface area contributed by atoms with Gasteiger partial charge in [-0.15, -0.1) is 0 Å². The van der Waals surface area contributed by atoms with Crippen LogP contribution < -0.4 is 5.32 Å². The van der Waals surface area contributed by atoms with Crippen molar-refractivity contribution in [2.75, 3.05) is 18.9 Å². The summed E-state index contributed by atoms with van der Waals surface area (Å²) in [7, 11) is 1.89. The lowest BCUT2D eigenvalue weighted by Gasteiger charge is -2.16. The number of rotatable bonds is 6. The van der Waals surface area contributed by atoms with Crippen molar-refractivity contribution in [3.63, 3.8) is 0 Å². The van der Waals surface area contributed by atoms with E-state index in [9.17, 15) is 13.2 Å². The molecule has 0 saturated carbocycles. The number of benzene rings is 2. The molecule has 0 heterocycles. The summed E-state index contributed by atoms with van der Waals surface area (Å²) in [5, 5.41) is 3.38. The van der Waals surface area contributed by atoms with Crippen molar-refractivity contribution in [1.82, 2.24) is 4.90 Å². The van der Waals surface area contributed by atoms with Gasteiger partial charge in [0.1, 0.15) is 0 Å². The highest BCUT2D eigenvalue weighted by Gasteiger charge is 2.32. The van der Waals surface area contributed by atoms with Gasteiger partial charge in [-0.2, -0.15) is 13.2 Å². The number of nitrogens with zero attached hydrogens (tertiary/aromatic N) is 2. The highest BCUT2D eigenvalue weighted by Crippen LogP contribution is 2.35. The fraction of sp³-hybridized carbons (Fsp3) is 0.316. The van der Waals surface area contributed by atoms with Gasteiger partial charge in [-0.25, -0.2) is 4.99 Å². The van der Waals surface area contributed by atoms with Crippen LogP contribution in [0.5, 0.6) is 0 Å². The van der Waals surface area contributed by atoms with Crippen LogP contribution in [0.1, 0.15) is 23.6 Å². The van der Waals surface area contributed by atoms with Gasteiger partial charge in [-0.3, -0.25) is 0 Å². The van der Waals surface area contributed by atoms with E-state index in [1.165, 1.54) is 12.1 Å². The predicted molar refractivity (Wildman–Crippen MR) is 101 cm³/mol. The smallest absolute Gasteiger partial charge is 0.380 e. The average molecular weight is 384 g/mol. The summed E-state index contributed by atoms with van der Waals surface area (Å²) in [4.78, 5) is 6.25. The van der Waals surface area contributed by atoms with Gasteiger partial charge in [0, 0.05) is 20.1 Å². The normalized spacial score (nSPS) is 11.8. The Balaban J connectivity index is 2.26. The van der Waals surface area contributed by atoms with Gasteiger partial charge in [0.05, 0.1) is 28.3 Å². The first-order valence-corrected chi connectivity index (χ1v) is 8.53. The van der Waals surface area contributed by atoms with Crippen LogP contribution in [0.2, 0.25) is 5.02 Å². The Labute approximate surface area is 156 Å². The summed E-state index contributed by atoms with van der Waals surface area (Å²) < 4.78 is 39.3. The Morgan fingerprint density at radius 2 is 1.92 bits per heavy atom. The molecule has 0 aliphatic carbocycles. The van der Waals surface area contributed by atoms with Crippen LogP contribution in [-0.4, -0.2) is 24.8 Å². The van der Waals surface area contributed by atoms with E-state index in [1.54, 1.807) is 18.5 Å². The first-order chi connectivity index (χ1) is 12.2. The molecule has 7 heteroatoms. The van der Waals surface area contributed by atoms with E-state index in [4.69, 9.17) is 11.6 Å².